The van der Waals surface area contributed by atoms with Crippen LogP contribution in [0.4, 0.5) is 0 Å². The van der Waals surface area contributed by atoms with Crippen LogP contribution in [0.25, 0.3) is 22.4 Å². The summed E-state index contributed by atoms with van der Waals surface area (Å²) in [5.41, 5.74) is 0.741. The maximum Gasteiger partial charge on any atom is 0.266 e. The third-order valence-electron chi connectivity index (χ3n) is 3.11. The summed E-state index contributed by atoms with van der Waals surface area (Å²) >= 11 is 0. The van der Waals surface area contributed by atoms with Crippen molar-refractivity contribution in [2.45, 2.75) is 13.3 Å². The minimum Gasteiger partial charge on any atom is -0.419 e. The van der Waals surface area contributed by atoms with E-state index >= 15 is 0 Å². The van der Waals surface area contributed by atoms with Gasteiger partial charge in [0.1, 0.15) is 5.69 Å². The van der Waals surface area contributed by atoms with Crippen molar-refractivity contribution >= 4 is 10.8 Å². The molecule has 0 aliphatic carbocycles. The third-order valence-corrected chi connectivity index (χ3v) is 3.11. The summed E-state index contributed by atoms with van der Waals surface area (Å²) in [6.45, 7) is 3.84. The van der Waals surface area contributed by atoms with Gasteiger partial charge in [-0.1, -0.05) is 31.2 Å². The minimum absolute atomic E-state index is 0.480. The Morgan fingerprint density at radius 2 is 2.05 bits per heavy atom. The Bertz CT molecular complexity index is 702. The van der Waals surface area contributed by atoms with E-state index in [1.165, 1.54) is 0 Å². The monoisotopic (exact) mass is 268 g/mol. The first kappa shape index (κ1) is 12.7. The Morgan fingerprint density at radius 3 is 2.95 bits per heavy atom. The van der Waals surface area contributed by atoms with Crippen molar-refractivity contribution in [1.82, 2.24) is 20.5 Å². The van der Waals surface area contributed by atoms with Crippen molar-refractivity contribution in [1.29, 1.82) is 0 Å². The number of rotatable bonds is 5. The van der Waals surface area contributed by atoms with E-state index in [4.69, 9.17) is 4.42 Å². The van der Waals surface area contributed by atoms with Gasteiger partial charge in [-0.3, -0.25) is 4.98 Å². The molecule has 3 aromatic rings. The minimum atomic E-state index is 0.480. The van der Waals surface area contributed by atoms with Crippen LogP contribution in [0.3, 0.4) is 0 Å². The smallest absolute Gasteiger partial charge is 0.266 e. The van der Waals surface area contributed by atoms with Gasteiger partial charge in [0.2, 0.25) is 5.89 Å². The van der Waals surface area contributed by atoms with Gasteiger partial charge in [0.25, 0.3) is 5.89 Å². The fourth-order valence-corrected chi connectivity index (χ4v) is 2.11. The van der Waals surface area contributed by atoms with E-state index < -0.39 is 0 Å². The summed E-state index contributed by atoms with van der Waals surface area (Å²) in [6.07, 6.45) is 2.49. The van der Waals surface area contributed by atoms with Crippen LogP contribution in [0.1, 0.15) is 12.8 Å². The molecule has 102 valence electrons. The Balaban J connectivity index is 1.91. The lowest BCUT2D eigenvalue weighted by atomic mass is 10.1. The van der Waals surface area contributed by atoms with Crippen LogP contribution in [0.2, 0.25) is 0 Å². The van der Waals surface area contributed by atoms with E-state index in [0.29, 0.717) is 11.8 Å². The van der Waals surface area contributed by atoms with E-state index in [-0.39, 0.29) is 0 Å². The zero-order valence-electron chi connectivity index (χ0n) is 11.3. The maximum atomic E-state index is 5.70. The molecule has 0 fully saturated rings. The van der Waals surface area contributed by atoms with Crippen LogP contribution >= 0.6 is 0 Å². The number of aromatic nitrogens is 3. The third kappa shape index (κ3) is 2.53. The molecule has 2 aromatic heterocycles. The molecule has 5 heteroatoms. The van der Waals surface area contributed by atoms with Gasteiger partial charge >= 0.3 is 0 Å². The van der Waals surface area contributed by atoms with E-state index in [0.717, 1.165) is 36.0 Å². The molecule has 0 amide bonds. The Hall–Kier alpha value is -2.27. The Kier molecular flexibility index (Phi) is 3.69. The molecule has 0 bridgehead atoms. The summed E-state index contributed by atoms with van der Waals surface area (Å²) in [5, 5.41) is 13.6. The van der Waals surface area contributed by atoms with E-state index in [1.807, 2.05) is 30.3 Å². The van der Waals surface area contributed by atoms with Crippen LogP contribution in [0.15, 0.2) is 40.9 Å². The normalized spacial score (nSPS) is 11.1. The zero-order chi connectivity index (χ0) is 13.8. The van der Waals surface area contributed by atoms with Crippen molar-refractivity contribution in [3.63, 3.8) is 0 Å². The molecule has 3 rings (SSSR count). The summed E-state index contributed by atoms with van der Waals surface area (Å²) in [6, 6.07) is 10.0. The molecule has 0 saturated heterocycles. The van der Waals surface area contributed by atoms with Crippen LogP contribution < -0.4 is 5.32 Å². The molecule has 1 N–H and O–H groups in total. The first-order valence-corrected chi connectivity index (χ1v) is 6.75. The molecule has 0 spiro atoms. The Labute approximate surface area is 117 Å². The van der Waals surface area contributed by atoms with Crippen molar-refractivity contribution in [2.75, 3.05) is 13.1 Å². The second kappa shape index (κ2) is 5.79. The molecule has 0 saturated carbocycles. The molecule has 0 aliphatic rings. The first-order chi connectivity index (χ1) is 9.88. The SMILES string of the molecule is CCNCCc1nnc(-c2nccc3ccccc23)o1. The number of benzene rings is 1. The van der Waals surface area contributed by atoms with Crippen LogP contribution in [0.5, 0.6) is 0 Å². The number of hydrogen-bond acceptors (Lipinski definition) is 5. The highest BCUT2D eigenvalue weighted by atomic mass is 16.4. The molecular weight excluding hydrogens is 252 g/mol. The summed E-state index contributed by atoms with van der Waals surface area (Å²) in [5.74, 6) is 1.11. The van der Waals surface area contributed by atoms with Crippen molar-refractivity contribution in [2.24, 2.45) is 0 Å². The highest BCUT2D eigenvalue weighted by Crippen LogP contribution is 2.25. The van der Waals surface area contributed by atoms with Gasteiger partial charge in [0, 0.05) is 24.5 Å². The average molecular weight is 268 g/mol. The molecule has 0 atom stereocenters. The molecule has 2 heterocycles. The predicted octanol–water partition coefficient (Wildman–Crippen LogP) is 2.44. The second-order valence-corrected chi connectivity index (χ2v) is 4.49. The Morgan fingerprint density at radius 1 is 1.15 bits per heavy atom. The highest BCUT2D eigenvalue weighted by Gasteiger charge is 2.12. The van der Waals surface area contributed by atoms with Gasteiger partial charge in [-0.15, -0.1) is 10.2 Å². The van der Waals surface area contributed by atoms with Gasteiger partial charge < -0.3 is 9.73 Å². The van der Waals surface area contributed by atoms with Crippen molar-refractivity contribution < 1.29 is 4.42 Å². The van der Waals surface area contributed by atoms with E-state index in [1.54, 1.807) is 6.20 Å². The largest absolute Gasteiger partial charge is 0.419 e. The number of hydrogen-bond donors (Lipinski definition) is 1. The molecule has 0 aliphatic heterocycles. The first-order valence-electron chi connectivity index (χ1n) is 6.75. The topological polar surface area (TPSA) is 63.8 Å². The van der Waals surface area contributed by atoms with Crippen molar-refractivity contribution in [3.05, 3.63) is 42.4 Å². The molecule has 1 aromatic carbocycles. The van der Waals surface area contributed by atoms with Crippen molar-refractivity contribution in [3.8, 4) is 11.6 Å². The van der Waals surface area contributed by atoms with Gasteiger partial charge in [-0.2, -0.15) is 0 Å². The summed E-state index contributed by atoms with van der Waals surface area (Å²) < 4.78 is 5.70. The van der Waals surface area contributed by atoms with Gasteiger partial charge in [-0.05, 0) is 18.0 Å². The summed E-state index contributed by atoms with van der Waals surface area (Å²) in [4.78, 5) is 4.38. The lowest BCUT2D eigenvalue weighted by molar-refractivity contribution is 0.495. The van der Waals surface area contributed by atoms with E-state index in [9.17, 15) is 0 Å². The van der Waals surface area contributed by atoms with Gasteiger partial charge in [0.15, 0.2) is 0 Å². The number of likely N-dealkylation sites (N-methyl/N-ethyl adjacent to an activating group) is 1. The number of nitrogens with zero attached hydrogens (tertiary/aromatic N) is 3. The molecule has 5 nitrogen and oxygen atoms in total. The average Bonchev–Trinajstić information content (AvgIpc) is 2.96. The zero-order valence-corrected chi connectivity index (χ0v) is 11.3. The molecular formula is C15H16N4O. The number of pyridine rings is 1. The van der Waals surface area contributed by atoms with Gasteiger partial charge in [-0.25, -0.2) is 0 Å². The van der Waals surface area contributed by atoms with E-state index in [2.05, 4.69) is 27.4 Å². The standard InChI is InChI=1S/C15H16N4O/c1-2-16-9-8-13-18-19-15(20-13)14-12-6-4-3-5-11(12)7-10-17-14/h3-7,10,16H,2,8-9H2,1H3. The summed E-state index contributed by atoms with van der Waals surface area (Å²) in [7, 11) is 0. The fraction of sp³-hybridized carbons (Fsp3) is 0.267. The fourth-order valence-electron chi connectivity index (χ4n) is 2.11. The lowest BCUT2D eigenvalue weighted by Crippen LogP contribution is -2.16. The van der Waals surface area contributed by atoms with Gasteiger partial charge in [0.05, 0.1) is 0 Å². The van der Waals surface area contributed by atoms with Crippen LogP contribution in [0, 0.1) is 0 Å². The second-order valence-electron chi connectivity index (χ2n) is 4.49. The van der Waals surface area contributed by atoms with Crippen LogP contribution in [-0.2, 0) is 6.42 Å². The lowest BCUT2D eigenvalue weighted by Gasteiger charge is -2.00. The molecule has 0 unspecified atom stereocenters. The predicted molar refractivity (Wildman–Crippen MR) is 77.3 cm³/mol. The quantitative estimate of drug-likeness (QED) is 0.720. The number of fused-ring (bicyclic) bond motifs is 1. The molecule has 0 radical (unpaired) electrons. The number of nitrogens with one attached hydrogen (secondary N) is 1. The molecule has 20 heavy (non-hydrogen) atoms. The van der Waals surface area contributed by atoms with Crippen LogP contribution in [-0.4, -0.2) is 28.3 Å². The highest BCUT2D eigenvalue weighted by molar-refractivity contribution is 5.92. The maximum absolute atomic E-state index is 5.70.